The molecule has 0 heterocycles. The van der Waals surface area contributed by atoms with Gasteiger partial charge in [-0.1, -0.05) is 201 Å². The Morgan fingerprint density at radius 2 is 0.524 bits per heavy atom. The number of rotatable bonds is 36. The van der Waals surface area contributed by atoms with Crippen LogP contribution in [0.1, 0.15) is 233 Å². The summed E-state index contributed by atoms with van der Waals surface area (Å²) in [4.78, 5) is 0. The van der Waals surface area contributed by atoms with Crippen molar-refractivity contribution < 1.29 is 9.59 Å². The lowest BCUT2D eigenvalue weighted by atomic mass is 10.0. The SMILES string of the molecule is CCCCCCCCCCCCCCCCCC[N+](C)(CCCCCCCCCCCCCCCCCC)C(O)CC. The van der Waals surface area contributed by atoms with Crippen molar-refractivity contribution in [3.05, 3.63) is 0 Å². The van der Waals surface area contributed by atoms with Crippen molar-refractivity contribution in [2.45, 2.75) is 239 Å². The third-order valence-electron chi connectivity index (χ3n) is 10.1. The Labute approximate surface area is 268 Å². The quantitative estimate of drug-likeness (QED) is 0.0434. The van der Waals surface area contributed by atoms with Crippen LogP contribution in [0, 0.1) is 0 Å². The number of aliphatic hydroxyl groups is 1. The first-order chi connectivity index (χ1) is 20.6. The van der Waals surface area contributed by atoms with E-state index in [2.05, 4.69) is 27.8 Å². The van der Waals surface area contributed by atoms with E-state index in [4.69, 9.17) is 0 Å². The van der Waals surface area contributed by atoms with Crippen LogP contribution in [-0.2, 0) is 0 Å². The lowest BCUT2D eigenvalue weighted by Gasteiger charge is -2.38. The molecule has 1 unspecified atom stereocenters. The van der Waals surface area contributed by atoms with Crippen LogP contribution in [0.5, 0.6) is 0 Å². The normalized spacial score (nSPS) is 12.8. The minimum atomic E-state index is -0.183. The number of hydrogen-bond donors (Lipinski definition) is 1. The summed E-state index contributed by atoms with van der Waals surface area (Å²) in [5.74, 6) is 0. The molecule has 2 nitrogen and oxygen atoms in total. The molecule has 0 aliphatic heterocycles. The first-order valence-corrected chi connectivity index (χ1v) is 20.1. The second-order valence-corrected chi connectivity index (χ2v) is 14.4. The monoisotopic (exact) mass is 595 g/mol. The van der Waals surface area contributed by atoms with Gasteiger partial charge in [-0.2, -0.15) is 0 Å². The number of unbranched alkanes of at least 4 members (excludes halogenated alkanes) is 30. The molecule has 0 fully saturated rings. The van der Waals surface area contributed by atoms with E-state index in [0.717, 1.165) is 24.0 Å². The summed E-state index contributed by atoms with van der Waals surface area (Å²) in [6.45, 7) is 9.08. The van der Waals surface area contributed by atoms with Crippen LogP contribution < -0.4 is 0 Å². The van der Waals surface area contributed by atoms with Gasteiger partial charge in [-0.3, -0.25) is 0 Å². The van der Waals surface area contributed by atoms with Gasteiger partial charge in [0.25, 0.3) is 0 Å². The lowest BCUT2D eigenvalue weighted by Crippen LogP contribution is -2.53. The van der Waals surface area contributed by atoms with E-state index in [0.29, 0.717) is 0 Å². The van der Waals surface area contributed by atoms with Crippen LogP contribution in [0.15, 0.2) is 0 Å². The molecule has 0 rings (SSSR count). The van der Waals surface area contributed by atoms with Crippen LogP contribution in [0.25, 0.3) is 0 Å². The zero-order valence-corrected chi connectivity index (χ0v) is 30.2. The molecule has 0 aliphatic rings. The highest BCUT2D eigenvalue weighted by Gasteiger charge is 2.28. The van der Waals surface area contributed by atoms with Crippen LogP contribution in [-0.4, -0.2) is 36.0 Å². The Morgan fingerprint density at radius 1 is 0.333 bits per heavy atom. The Kier molecular flexibility index (Phi) is 33.7. The predicted molar refractivity (Wildman–Crippen MR) is 191 cm³/mol. The first kappa shape index (κ1) is 41.9. The molecule has 1 N–H and O–H groups in total. The maximum absolute atomic E-state index is 10.8. The van der Waals surface area contributed by atoms with E-state index in [-0.39, 0.29) is 6.23 Å². The largest absolute Gasteiger partial charge is 0.345 e. The maximum Gasteiger partial charge on any atom is 0.190 e. The molecule has 0 aromatic heterocycles. The second kappa shape index (κ2) is 33.8. The molecule has 42 heavy (non-hydrogen) atoms. The average molecular weight is 595 g/mol. The molecule has 1 atom stereocenters. The fraction of sp³-hybridized carbons (Fsp3) is 1.00. The lowest BCUT2D eigenvalue weighted by molar-refractivity contribution is -0.954. The van der Waals surface area contributed by atoms with Gasteiger partial charge < -0.3 is 9.59 Å². The summed E-state index contributed by atoms with van der Waals surface area (Å²) in [5.41, 5.74) is 0. The standard InChI is InChI=1S/C40H84NO/c1-5-8-10-12-14-16-18-20-22-24-26-28-30-32-34-36-38-41(4,40(42)7-3)39-37-35-33-31-29-27-25-23-21-19-17-15-13-11-9-6-2/h40,42H,5-39H2,1-4H3/q+1. The topological polar surface area (TPSA) is 20.2 Å². The summed E-state index contributed by atoms with van der Waals surface area (Å²) >= 11 is 0. The van der Waals surface area contributed by atoms with E-state index in [9.17, 15) is 5.11 Å². The van der Waals surface area contributed by atoms with Gasteiger partial charge in [-0.15, -0.1) is 0 Å². The highest BCUT2D eigenvalue weighted by atomic mass is 16.3. The molecule has 254 valence electrons. The average Bonchev–Trinajstić information content (AvgIpc) is 3.00. The molecule has 0 bridgehead atoms. The zero-order valence-electron chi connectivity index (χ0n) is 30.2. The summed E-state index contributed by atoms with van der Waals surface area (Å²) in [5, 5.41) is 10.8. The molecule has 0 saturated carbocycles. The Hall–Kier alpha value is -0.0800. The molecule has 2 heteroatoms. The van der Waals surface area contributed by atoms with Crippen LogP contribution >= 0.6 is 0 Å². The molecule has 0 aliphatic carbocycles. The number of nitrogens with zero attached hydrogens (tertiary/aromatic N) is 1. The predicted octanol–water partition coefficient (Wildman–Crippen LogP) is 13.7. The summed E-state index contributed by atoms with van der Waals surface area (Å²) in [6, 6.07) is 0. The van der Waals surface area contributed by atoms with E-state index < -0.39 is 0 Å². The molecule has 0 saturated heterocycles. The highest BCUT2D eigenvalue weighted by molar-refractivity contribution is 4.54. The third-order valence-corrected chi connectivity index (χ3v) is 10.1. The molecule has 0 amide bonds. The summed E-state index contributed by atoms with van der Waals surface area (Å²) in [6.07, 6.45) is 46.2. The van der Waals surface area contributed by atoms with Gasteiger partial charge in [0.1, 0.15) is 0 Å². The van der Waals surface area contributed by atoms with Crippen LogP contribution in [0.4, 0.5) is 0 Å². The van der Waals surface area contributed by atoms with Crippen molar-refractivity contribution in [2.24, 2.45) is 0 Å². The van der Waals surface area contributed by atoms with Crippen molar-refractivity contribution in [1.29, 1.82) is 0 Å². The van der Waals surface area contributed by atoms with E-state index in [1.165, 1.54) is 205 Å². The second-order valence-electron chi connectivity index (χ2n) is 14.4. The zero-order chi connectivity index (χ0) is 30.8. The van der Waals surface area contributed by atoms with Gasteiger partial charge in [0.2, 0.25) is 0 Å². The molecule has 0 aromatic rings. The highest BCUT2D eigenvalue weighted by Crippen LogP contribution is 2.19. The molecule has 0 aromatic carbocycles. The van der Waals surface area contributed by atoms with E-state index in [1.54, 1.807) is 0 Å². The molecule has 0 spiro atoms. The third kappa shape index (κ3) is 28.7. The first-order valence-electron chi connectivity index (χ1n) is 20.1. The fourth-order valence-electron chi connectivity index (χ4n) is 6.89. The molecular weight excluding hydrogens is 510 g/mol. The van der Waals surface area contributed by atoms with Crippen molar-refractivity contribution in [1.82, 2.24) is 0 Å². The Balaban J connectivity index is 3.61. The van der Waals surface area contributed by atoms with Gasteiger partial charge in [0.05, 0.1) is 20.1 Å². The number of hydrogen-bond acceptors (Lipinski definition) is 1. The van der Waals surface area contributed by atoms with Crippen LogP contribution in [0.2, 0.25) is 0 Å². The van der Waals surface area contributed by atoms with Gasteiger partial charge >= 0.3 is 0 Å². The minimum absolute atomic E-state index is 0.183. The maximum atomic E-state index is 10.8. The van der Waals surface area contributed by atoms with Crippen molar-refractivity contribution in [2.75, 3.05) is 20.1 Å². The van der Waals surface area contributed by atoms with E-state index >= 15 is 0 Å². The smallest absolute Gasteiger partial charge is 0.190 e. The number of quaternary nitrogens is 1. The minimum Gasteiger partial charge on any atom is -0.345 e. The van der Waals surface area contributed by atoms with Crippen molar-refractivity contribution in [3.8, 4) is 0 Å². The summed E-state index contributed by atoms with van der Waals surface area (Å²) < 4.78 is 0.883. The fourth-order valence-corrected chi connectivity index (χ4v) is 6.89. The number of aliphatic hydroxyl groups excluding tert-OH is 1. The van der Waals surface area contributed by atoms with E-state index in [1.807, 2.05) is 0 Å². The Bertz CT molecular complexity index is 456. The molecule has 0 radical (unpaired) electrons. The van der Waals surface area contributed by atoms with Crippen LogP contribution in [0.3, 0.4) is 0 Å². The molecular formula is C40H84NO+. The van der Waals surface area contributed by atoms with Gasteiger partial charge in [0, 0.05) is 6.42 Å². The Morgan fingerprint density at radius 3 is 0.714 bits per heavy atom. The summed E-state index contributed by atoms with van der Waals surface area (Å²) in [7, 11) is 2.32. The van der Waals surface area contributed by atoms with Crippen molar-refractivity contribution >= 4 is 0 Å². The van der Waals surface area contributed by atoms with Gasteiger partial charge in [-0.05, 0) is 25.7 Å². The van der Waals surface area contributed by atoms with Gasteiger partial charge in [-0.25, -0.2) is 0 Å². The van der Waals surface area contributed by atoms with Crippen molar-refractivity contribution in [3.63, 3.8) is 0 Å². The van der Waals surface area contributed by atoms with Gasteiger partial charge in [0.15, 0.2) is 6.23 Å².